The van der Waals surface area contributed by atoms with Crippen LogP contribution in [0.1, 0.15) is 17.2 Å². The van der Waals surface area contributed by atoms with Crippen molar-refractivity contribution in [3.8, 4) is 5.75 Å². The summed E-state index contributed by atoms with van der Waals surface area (Å²) in [5, 5.41) is 21.7. The minimum Gasteiger partial charge on any atom is -0.508 e. The molecule has 8 heteroatoms. The number of ether oxygens (including phenoxy) is 2. The van der Waals surface area contributed by atoms with Crippen molar-refractivity contribution in [2.75, 3.05) is 12.4 Å². The number of halogens is 1. The molecule has 1 amide bonds. The van der Waals surface area contributed by atoms with Crippen molar-refractivity contribution in [1.29, 1.82) is 0 Å². The van der Waals surface area contributed by atoms with Gasteiger partial charge in [-0.05, 0) is 43.3 Å². The summed E-state index contributed by atoms with van der Waals surface area (Å²) in [7, 11) is 1.35. The number of rotatable bonds is 7. The van der Waals surface area contributed by atoms with E-state index in [1.165, 1.54) is 19.3 Å². The first-order chi connectivity index (χ1) is 13.3. The molecule has 0 fully saturated rings. The van der Waals surface area contributed by atoms with Gasteiger partial charge in [0.15, 0.2) is 6.10 Å². The summed E-state index contributed by atoms with van der Waals surface area (Å²) >= 11 is 3.30. The Bertz CT molecular complexity index is 865. The lowest BCUT2D eigenvalue weighted by Gasteiger charge is -2.25. The molecular weight excluding hydrogens is 430 g/mol. The number of aliphatic carboxylic acids is 1. The van der Waals surface area contributed by atoms with E-state index < -0.39 is 24.3 Å². The first-order valence-electron chi connectivity index (χ1n) is 8.26. The number of benzene rings is 2. The van der Waals surface area contributed by atoms with E-state index in [9.17, 15) is 14.7 Å². The summed E-state index contributed by atoms with van der Waals surface area (Å²) in [6.07, 6.45) is -0.688. The first-order valence-corrected chi connectivity index (χ1v) is 9.06. The maximum Gasteiger partial charge on any atom is 0.412 e. The van der Waals surface area contributed by atoms with Gasteiger partial charge in [0.05, 0.1) is 0 Å². The highest BCUT2D eigenvalue weighted by Gasteiger charge is 2.28. The number of carbonyl (C=O) groups excluding carboxylic acids is 1. The highest BCUT2D eigenvalue weighted by molar-refractivity contribution is 9.10. The van der Waals surface area contributed by atoms with Gasteiger partial charge in [0.1, 0.15) is 11.9 Å². The van der Waals surface area contributed by atoms with Crippen LogP contribution >= 0.6 is 15.9 Å². The van der Waals surface area contributed by atoms with E-state index in [1.807, 2.05) is 19.1 Å². The predicted molar refractivity (Wildman–Crippen MR) is 107 cm³/mol. The van der Waals surface area contributed by atoms with Gasteiger partial charge >= 0.3 is 12.1 Å². The third kappa shape index (κ3) is 6.11. The fourth-order valence-electron chi connectivity index (χ4n) is 2.44. The topological polar surface area (TPSA) is 105 Å². The Balaban J connectivity index is 2.31. The molecule has 0 aliphatic carbocycles. The lowest BCUT2D eigenvalue weighted by atomic mass is 10.0. The summed E-state index contributed by atoms with van der Waals surface area (Å²) in [5.41, 5.74) is 1.83. The van der Waals surface area contributed by atoms with E-state index in [2.05, 4.69) is 21.2 Å². The molecule has 0 aliphatic rings. The summed E-state index contributed by atoms with van der Waals surface area (Å²) in [4.78, 5) is 23.3. The third-order valence-electron chi connectivity index (χ3n) is 3.83. The number of anilines is 1. The predicted octanol–water partition coefficient (Wildman–Crippen LogP) is 4.41. The molecule has 3 N–H and O–H groups in total. The van der Waals surface area contributed by atoms with Crippen molar-refractivity contribution in [3.63, 3.8) is 0 Å². The van der Waals surface area contributed by atoms with Gasteiger partial charge in [-0.2, -0.15) is 0 Å². The lowest BCUT2D eigenvalue weighted by molar-refractivity contribution is -0.131. The highest BCUT2D eigenvalue weighted by atomic mass is 79.9. The zero-order chi connectivity index (χ0) is 20.7. The van der Waals surface area contributed by atoms with Crippen LogP contribution in [0.25, 0.3) is 0 Å². The van der Waals surface area contributed by atoms with Crippen LogP contribution in [0.4, 0.5) is 10.5 Å². The van der Waals surface area contributed by atoms with Crippen molar-refractivity contribution in [3.05, 3.63) is 70.2 Å². The van der Waals surface area contributed by atoms with Crippen molar-refractivity contribution in [2.45, 2.75) is 19.1 Å². The molecule has 0 saturated heterocycles. The summed E-state index contributed by atoms with van der Waals surface area (Å²) in [6.45, 7) is 1.92. The summed E-state index contributed by atoms with van der Waals surface area (Å²) in [6, 6.07) is 11.7. The standard InChI is InChI=1S/C20H20BrNO6/c1-12-3-6-14(7-4-12)22-20(26)28-19(17(27-2)9-10-18(24)25)15-11-13(21)5-8-16(15)23/h3-11,17,19,23H,1-2H3,(H,22,26)(H,24,25)/b10-9+/t17-,19-/m0/s1. The molecule has 2 aromatic rings. The van der Waals surface area contributed by atoms with Gasteiger partial charge in [0, 0.05) is 28.9 Å². The van der Waals surface area contributed by atoms with Crippen LogP contribution in [-0.2, 0) is 14.3 Å². The SMILES string of the molecule is CO[C@@H](/C=C/C(=O)O)[C@@H](OC(=O)Nc1ccc(C)cc1)c1cc(Br)ccc1O. The molecule has 7 nitrogen and oxygen atoms in total. The Morgan fingerprint density at radius 2 is 1.86 bits per heavy atom. The minimum absolute atomic E-state index is 0.123. The second-order valence-electron chi connectivity index (χ2n) is 5.92. The number of aryl methyl sites for hydroxylation is 1. The first kappa shape index (κ1) is 21.5. The molecule has 0 unspecified atom stereocenters. The van der Waals surface area contributed by atoms with Crippen molar-refractivity contribution in [2.24, 2.45) is 0 Å². The van der Waals surface area contributed by atoms with Crippen molar-refractivity contribution < 1.29 is 29.3 Å². The number of carboxylic acids is 1. The molecule has 0 saturated carbocycles. The molecular formula is C20H20BrNO6. The monoisotopic (exact) mass is 449 g/mol. The number of phenolic OH excluding ortho intramolecular Hbond substituents is 1. The van der Waals surface area contributed by atoms with Gasteiger partial charge in [-0.3, -0.25) is 5.32 Å². The number of carboxylic acid groups (broad SMARTS) is 1. The van der Waals surface area contributed by atoms with Crippen LogP contribution in [0.3, 0.4) is 0 Å². The molecule has 0 aromatic heterocycles. The zero-order valence-corrected chi connectivity index (χ0v) is 16.8. The highest BCUT2D eigenvalue weighted by Crippen LogP contribution is 2.34. The van der Waals surface area contributed by atoms with Gasteiger partial charge in [0.25, 0.3) is 0 Å². The molecule has 0 aliphatic heterocycles. The third-order valence-corrected chi connectivity index (χ3v) is 4.32. The van der Waals surface area contributed by atoms with Crippen molar-refractivity contribution in [1.82, 2.24) is 0 Å². The van der Waals surface area contributed by atoms with Crippen LogP contribution < -0.4 is 5.32 Å². The molecule has 2 aromatic carbocycles. The van der Waals surface area contributed by atoms with E-state index in [1.54, 1.807) is 24.3 Å². The smallest absolute Gasteiger partial charge is 0.412 e. The molecule has 0 spiro atoms. The Morgan fingerprint density at radius 1 is 1.18 bits per heavy atom. The number of aromatic hydroxyl groups is 1. The van der Waals surface area contributed by atoms with Gasteiger partial charge in [-0.25, -0.2) is 9.59 Å². The van der Waals surface area contributed by atoms with E-state index in [0.29, 0.717) is 10.2 Å². The molecule has 0 radical (unpaired) electrons. The number of nitrogens with one attached hydrogen (secondary N) is 1. The number of phenols is 1. The van der Waals surface area contributed by atoms with E-state index in [-0.39, 0.29) is 11.3 Å². The Labute approximate surface area is 170 Å². The molecule has 0 bridgehead atoms. The Morgan fingerprint density at radius 3 is 2.46 bits per heavy atom. The van der Waals surface area contributed by atoms with Crippen molar-refractivity contribution >= 4 is 33.7 Å². The van der Waals surface area contributed by atoms with E-state index in [0.717, 1.165) is 11.6 Å². The van der Waals surface area contributed by atoms with Gasteiger partial charge in [0.2, 0.25) is 0 Å². The fraction of sp³-hybridized carbons (Fsp3) is 0.200. The molecule has 28 heavy (non-hydrogen) atoms. The minimum atomic E-state index is -1.18. The van der Waals surface area contributed by atoms with Gasteiger partial charge < -0.3 is 19.7 Å². The summed E-state index contributed by atoms with van der Waals surface area (Å²) < 4.78 is 11.4. The lowest BCUT2D eigenvalue weighted by Crippen LogP contribution is -2.27. The van der Waals surface area contributed by atoms with Crippen LogP contribution in [0.15, 0.2) is 59.1 Å². The Kier molecular flexibility index (Phi) is 7.60. The van der Waals surface area contributed by atoms with E-state index in [4.69, 9.17) is 14.6 Å². The molecule has 2 atom stereocenters. The van der Waals surface area contributed by atoms with Gasteiger partial charge in [-0.15, -0.1) is 0 Å². The second-order valence-corrected chi connectivity index (χ2v) is 6.83. The number of methoxy groups -OCH3 is 1. The maximum absolute atomic E-state index is 12.4. The number of hydrogen-bond acceptors (Lipinski definition) is 5. The molecule has 148 valence electrons. The van der Waals surface area contributed by atoms with Crippen LogP contribution in [0.5, 0.6) is 5.75 Å². The van der Waals surface area contributed by atoms with E-state index >= 15 is 0 Å². The number of carbonyl (C=O) groups is 2. The Hall–Kier alpha value is -2.84. The maximum atomic E-state index is 12.4. The van der Waals surface area contributed by atoms with Crippen LogP contribution in [-0.4, -0.2) is 35.5 Å². The fourth-order valence-corrected chi connectivity index (χ4v) is 2.82. The molecule has 2 rings (SSSR count). The average molecular weight is 450 g/mol. The number of amides is 1. The van der Waals surface area contributed by atoms with Gasteiger partial charge in [-0.1, -0.05) is 33.6 Å². The average Bonchev–Trinajstić information content (AvgIpc) is 2.65. The van der Waals surface area contributed by atoms with Crippen LogP contribution in [0.2, 0.25) is 0 Å². The quantitative estimate of drug-likeness (QED) is 0.540. The zero-order valence-electron chi connectivity index (χ0n) is 15.3. The summed E-state index contributed by atoms with van der Waals surface area (Å²) in [5.74, 6) is -1.30. The largest absolute Gasteiger partial charge is 0.508 e. The molecule has 0 heterocycles. The second kappa shape index (κ2) is 9.91. The normalized spacial score (nSPS) is 13.1. The number of hydrogen-bond donors (Lipinski definition) is 3. The van der Waals surface area contributed by atoms with Crippen LogP contribution in [0, 0.1) is 6.92 Å².